The van der Waals surface area contributed by atoms with Gasteiger partial charge in [0.15, 0.2) is 0 Å². The molecule has 0 spiro atoms. The van der Waals surface area contributed by atoms with Gasteiger partial charge in [0.05, 0.1) is 29.0 Å². The molecule has 5 nitrogen and oxygen atoms in total. The number of rotatable bonds is 4. The Morgan fingerprint density at radius 1 is 1.10 bits per heavy atom. The number of thiophene rings is 1. The summed E-state index contributed by atoms with van der Waals surface area (Å²) in [5.74, 6) is 0. The maximum Gasteiger partial charge on any atom is 0.250 e. The van der Waals surface area contributed by atoms with Crippen LogP contribution in [0.1, 0.15) is 11.4 Å². The predicted octanol–water partition coefficient (Wildman–Crippen LogP) is 2.48. The van der Waals surface area contributed by atoms with E-state index in [1.54, 1.807) is 17.5 Å². The number of nitrogens with one attached hydrogen (secondary N) is 1. The van der Waals surface area contributed by atoms with Gasteiger partial charge in [-0.25, -0.2) is 23.1 Å². The lowest BCUT2D eigenvalue weighted by Gasteiger charge is -2.08. The molecule has 0 amide bonds. The number of aromatic nitrogens is 2. The number of benzene rings is 1. The van der Waals surface area contributed by atoms with Crippen molar-refractivity contribution in [2.75, 3.05) is 0 Å². The van der Waals surface area contributed by atoms with Gasteiger partial charge >= 0.3 is 0 Å². The second-order valence-electron chi connectivity index (χ2n) is 4.50. The second kappa shape index (κ2) is 5.51. The molecule has 0 radical (unpaired) electrons. The van der Waals surface area contributed by atoms with Gasteiger partial charge in [-0.2, -0.15) is 0 Å². The minimum atomic E-state index is -3.48. The topological polar surface area (TPSA) is 72.0 Å². The van der Waals surface area contributed by atoms with E-state index in [0.29, 0.717) is 9.90 Å². The fourth-order valence-electron chi connectivity index (χ4n) is 1.94. The first-order valence-corrected chi connectivity index (χ1v) is 8.68. The molecule has 0 aliphatic heterocycles. The number of hydrogen-bond acceptors (Lipinski definition) is 5. The molecule has 0 bridgehead atoms. The summed E-state index contributed by atoms with van der Waals surface area (Å²) in [7, 11) is -3.48. The first-order chi connectivity index (χ1) is 10.1. The van der Waals surface area contributed by atoms with E-state index >= 15 is 0 Å². The van der Waals surface area contributed by atoms with E-state index in [-0.39, 0.29) is 6.54 Å². The number of nitrogens with zero attached hydrogens (tertiary/aromatic N) is 2. The van der Waals surface area contributed by atoms with Gasteiger partial charge in [0.1, 0.15) is 4.21 Å². The lowest BCUT2D eigenvalue weighted by Crippen LogP contribution is -2.23. The van der Waals surface area contributed by atoms with E-state index in [2.05, 4.69) is 14.7 Å². The molecule has 1 aromatic carbocycles. The Hall–Kier alpha value is -1.83. The van der Waals surface area contributed by atoms with Gasteiger partial charge in [-0.3, -0.25) is 0 Å². The van der Waals surface area contributed by atoms with E-state index in [4.69, 9.17) is 0 Å². The zero-order chi connectivity index (χ0) is 14.9. The molecule has 21 heavy (non-hydrogen) atoms. The minimum Gasteiger partial charge on any atom is -0.250 e. The molecule has 3 rings (SSSR count). The Kier molecular flexibility index (Phi) is 3.71. The van der Waals surface area contributed by atoms with E-state index in [0.717, 1.165) is 16.7 Å². The van der Waals surface area contributed by atoms with Crippen molar-refractivity contribution in [1.29, 1.82) is 0 Å². The summed E-state index contributed by atoms with van der Waals surface area (Å²) in [6.07, 6.45) is 0. The highest BCUT2D eigenvalue weighted by Gasteiger charge is 2.16. The monoisotopic (exact) mass is 319 g/mol. The maximum atomic E-state index is 12.1. The van der Waals surface area contributed by atoms with Crippen LogP contribution in [-0.4, -0.2) is 18.4 Å². The Morgan fingerprint density at radius 3 is 2.48 bits per heavy atom. The largest absolute Gasteiger partial charge is 0.250 e. The second-order valence-corrected chi connectivity index (χ2v) is 7.44. The van der Waals surface area contributed by atoms with Gasteiger partial charge < -0.3 is 0 Å². The summed E-state index contributed by atoms with van der Waals surface area (Å²) in [5.41, 5.74) is 2.92. The van der Waals surface area contributed by atoms with E-state index in [1.807, 2.05) is 31.2 Å². The fraction of sp³-hybridized carbons (Fsp3) is 0.143. The van der Waals surface area contributed by atoms with Crippen LogP contribution >= 0.6 is 11.3 Å². The molecular formula is C14H13N3O2S2. The van der Waals surface area contributed by atoms with Crippen molar-refractivity contribution in [1.82, 2.24) is 14.7 Å². The summed E-state index contributed by atoms with van der Waals surface area (Å²) >= 11 is 1.19. The van der Waals surface area contributed by atoms with Crippen LogP contribution < -0.4 is 4.72 Å². The number of para-hydroxylation sites is 2. The molecule has 108 valence electrons. The van der Waals surface area contributed by atoms with Gasteiger partial charge in [0.25, 0.3) is 0 Å². The van der Waals surface area contributed by atoms with Crippen LogP contribution in [0.25, 0.3) is 11.0 Å². The number of aryl methyl sites for hydroxylation is 1. The van der Waals surface area contributed by atoms with Crippen LogP contribution in [0.3, 0.4) is 0 Å². The van der Waals surface area contributed by atoms with Crippen LogP contribution in [-0.2, 0) is 16.6 Å². The molecule has 1 N–H and O–H groups in total. The predicted molar refractivity (Wildman–Crippen MR) is 82.6 cm³/mol. The molecule has 2 heterocycles. The average Bonchev–Trinajstić information content (AvgIpc) is 3.00. The Bertz CT molecular complexity index is 874. The van der Waals surface area contributed by atoms with Gasteiger partial charge in [-0.1, -0.05) is 18.2 Å². The van der Waals surface area contributed by atoms with Gasteiger partial charge in [-0.15, -0.1) is 11.3 Å². The van der Waals surface area contributed by atoms with Gasteiger partial charge in [0.2, 0.25) is 10.0 Å². The highest BCUT2D eigenvalue weighted by molar-refractivity contribution is 7.91. The number of fused-ring (bicyclic) bond motifs is 1. The van der Waals surface area contributed by atoms with Crippen molar-refractivity contribution in [2.45, 2.75) is 17.7 Å². The van der Waals surface area contributed by atoms with Crippen molar-refractivity contribution in [3.8, 4) is 0 Å². The highest BCUT2D eigenvalue weighted by Crippen LogP contribution is 2.17. The fourth-order valence-corrected chi connectivity index (χ4v) is 3.97. The quantitative estimate of drug-likeness (QED) is 0.802. The van der Waals surface area contributed by atoms with Crippen LogP contribution in [0.5, 0.6) is 0 Å². The molecule has 0 aliphatic carbocycles. The molecule has 3 aromatic rings. The van der Waals surface area contributed by atoms with E-state index in [9.17, 15) is 8.42 Å². The van der Waals surface area contributed by atoms with Gasteiger partial charge in [-0.05, 0) is 30.5 Å². The number of sulfonamides is 1. The minimum absolute atomic E-state index is 0.129. The molecule has 0 fully saturated rings. The SMILES string of the molecule is Cc1nc2ccccc2nc1CNS(=O)(=O)c1cccs1. The summed E-state index contributed by atoms with van der Waals surface area (Å²) in [6.45, 7) is 1.96. The van der Waals surface area contributed by atoms with E-state index < -0.39 is 10.0 Å². The van der Waals surface area contributed by atoms with Crippen molar-refractivity contribution in [3.05, 3.63) is 53.2 Å². The number of hydrogen-bond donors (Lipinski definition) is 1. The molecule has 0 unspecified atom stereocenters. The summed E-state index contributed by atoms with van der Waals surface area (Å²) in [6, 6.07) is 10.8. The third kappa shape index (κ3) is 2.94. The zero-order valence-electron chi connectivity index (χ0n) is 11.3. The maximum absolute atomic E-state index is 12.1. The van der Waals surface area contributed by atoms with Crippen LogP contribution in [0.2, 0.25) is 0 Å². The first kappa shape index (κ1) is 14.1. The first-order valence-electron chi connectivity index (χ1n) is 6.32. The van der Waals surface area contributed by atoms with Crippen LogP contribution in [0.4, 0.5) is 0 Å². The summed E-state index contributed by atoms with van der Waals surface area (Å²) in [4.78, 5) is 8.92. The average molecular weight is 319 g/mol. The molecule has 7 heteroatoms. The van der Waals surface area contributed by atoms with Gasteiger partial charge in [0, 0.05) is 0 Å². The third-order valence-electron chi connectivity index (χ3n) is 3.03. The van der Waals surface area contributed by atoms with Crippen LogP contribution in [0, 0.1) is 6.92 Å². The zero-order valence-corrected chi connectivity index (χ0v) is 12.9. The van der Waals surface area contributed by atoms with Crippen molar-refractivity contribution in [2.24, 2.45) is 0 Å². The highest BCUT2D eigenvalue weighted by atomic mass is 32.2. The lowest BCUT2D eigenvalue weighted by atomic mass is 10.2. The Balaban J connectivity index is 1.87. The lowest BCUT2D eigenvalue weighted by molar-refractivity contribution is 0.582. The van der Waals surface area contributed by atoms with Crippen LogP contribution in [0.15, 0.2) is 46.0 Å². The standard InChI is InChI=1S/C14H13N3O2S2/c1-10-13(17-12-6-3-2-5-11(12)16-10)9-15-21(18,19)14-7-4-8-20-14/h2-8,15H,9H2,1H3. The van der Waals surface area contributed by atoms with E-state index in [1.165, 1.54) is 11.3 Å². The molecule has 2 aromatic heterocycles. The third-order valence-corrected chi connectivity index (χ3v) is 5.83. The normalized spacial score (nSPS) is 11.9. The summed E-state index contributed by atoms with van der Waals surface area (Å²) in [5, 5.41) is 1.73. The molecule has 0 aliphatic rings. The summed E-state index contributed by atoms with van der Waals surface area (Å²) < 4.78 is 27.0. The Morgan fingerprint density at radius 2 is 1.81 bits per heavy atom. The molecular weight excluding hydrogens is 306 g/mol. The van der Waals surface area contributed by atoms with Crippen molar-refractivity contribution >= 4 is 32.4 Å². The van der Waals surface area contributed by atoms with Crippen molar-refractivity contribution in [3.63, 3.8) is 0 Å². The Labute approximate surface area is 126 Å². The smallest absolute Gasteiger partial charge is 0.250 e. The molecule has 0 saturated heterocycles. The molecule has 0 saturated carbocycles. The molecule has 0 atom stereocenters. The van der Waals surface area contributed by atoms with Crippen molar-refractivity contribution < 1.29 is 8.42 Å².